The van der Waals surface area contributed by atoms with Crippen LogP contribution < -0.4 is 5.32 Å². The summed E-state index contributed by atoms with van der Waals surface area (Å²) >= 11 is 11.3. The molecular weight excluding hydrogens is 221 g/mol. The summed E-state index contributed by atoms with van der Waals surface area (Å²) in [5, 5.41) is 3.38. The van der Waals surface area contributed by atoms with Gasteiger partial charge in [0.1, 0.15) is 5.88 Å². The molecule has 1 aromatic rings. The van der Waals surface area contributed by atoms with Crippen LogP contribution in [0.25, 0.3) is 0 Å². The third kappa shape index (κ3) is 2.89. The predicted molar refractivity (Wildman–Crippen MR) is 58.7 cm³/mol. The van der Waals surface area contributed by atoms with Crippen LogP contribution in [0.5, 0.6) is 0 Å². The summed E-state index contributed by atoms with van der Waals surface area (Å²) in [6.07, 6.45) is 0. The summed E-state index contributed by atoms with van der Waals surface area (Å²) in [7, 11) is 0. The van der Waals surface area contributed by atoms with Crippen molar-refractivity contribution in [1.82, 2.24) is 5.32 Å². The minimum absolute atomic E-state index is 0.0329. The van der Waals surface area contributed by atoms with Crippen molar-refractivity contribution in [2.24, 2.45) is 0 Å². The van der Waals surface area contributed by atoms with Crippen molar-refractivity contribution in [3.63, 3.8) is 0 Å². The molecule has 0 aliphatic heterocycles. The van der Waals surface area contributed by atoms with Gasteiger partial charge in [-0.25, -0.2) is 0 Å². The van der Waals surface area contributed by atoms with E-state index < -0.39 is 0 Å². The quantitative estimate of drug-likeness (QED) is 0.797. The number of carbonyl (C=O) groups excluding carboxylic acids is 1. The van der Waals surface area contributed by atoms with Crippen LogP contribution in [0.1, 0.15) is 18.5 Å². The molecule has 0 fully saturated rings. The third-order valence-corrected chi connectivity index (χ3v) is 2.46. The fourth-order valence-corrected chi connectivity index (χ4v) is 1.56. The Hall–Kier alpha value is -0.730. The maximum Gasteiger partial charge on any atom is 0.235 e. The molecular formula is C10H11Cl2NO. The summed E-state index contributed by atoms with van der Waals surface area (Å²) in [6.45, 7) is 1.87. The molecule has 2 nitrogen and oxygen atoms in total. The maximum atomic E-state index is 11.0. The molecule has 1 atom stereocenters. The Balaban J connectivity index is 2.74. The van der Waals surface area contributed by atoms with E-state index in [0.717, 1.165) is 5.56 Å². The smallest absolute Gasteiger partial charge is 0.235 e. The van der Waals surface area contributed by atoms with Crippen LogP contribution in [0.3, 0.4) is 0 Å². The van der Waals surface area contributed by atoms with Crippen LogP contribution >= 0.6 is 23.2 Å². The third-order valence-electron chi connectivity index (χ3n) is 1.87. The van der Waals surface area contributed by atoms with Gasteiger partial charge < -0.3 is 5.32 Å². The number of nitrogens with one attached hydrogen (secondary N) is 1. The summed E-state index contributed by atoms with van der Waals surface area (Å²) in [5.41, 5.74) is 0.896. The zero-order chi connectivity index (χ0) is 10.6. The lowest BCUT2D eigenvalue weighted by Crippen LogP contribution is -2.27. The van der Waals surface area contributed by atoms with Gasteiger partial charge in [-0.15, -0.1) is 11.6 Å². The molecule has 0 spiro atoms. The second-order valence-corrected chi connectivity index (χ2v) is 3.62. The van der Waals surface area contributed by atoms with Crippen molar-refractivity contribution in [3.8, 4) is 0 Å². The average molecular weight is 232 g/mol. The average Bonchev–Trinajstić information content (AvgIpc) is 2.18. The van der Waals surface area contributed by atoms with Crippen molar-refractivity contribution in [2.75, 3.05) is 5.88 Å². The van der Waals surface area contributed by atoms with Crippen molar-refractivity contribution >= 4 is 29.1 Å². The topological polar surface area (TPSA) is 29.1 Å². The lowest BCUT2D eigenvalue weighted by molar-refractivity contribution is -0.119. The normalized spacial score (nSPS) is 12.2. The number of hydrogen-bond acceptors (Lipinski definition) is 1. The first-order valence-electron chi connectivity index (χ1n) is 4.25. The monoisotopic (exact) mass is 231 g/mol. The second kappa shape index (κ2) is 5.23. The van der Waals surface area contributed by atoms with Gasteiger partial charge >= 0.3 is 0 Å². The highest BCUT2D eigenvalue weighted by atomic mass is 35.5. The SMILES string of the molecule is C[C@H](NC(=O)CCl)c1ccccc1Cl. The number of hydrogen-bond donors (Lipinski definition) is 1. The van der Waals surface area contributed by atoms with E-state index in [4.69, 9.17) is 23.2 Å². The lowest BCUT2D eigenvalue weighted by Gasteiger charge is -2.14. The Kier molecular flexibility index (Phi) is 4.23. The summed E-state index contributed by atoms with van der Waals surface area (Å²) in [5.74, 6) is -0.228. The molecule has 1 amide bonds. The molecule has 4 heteroatoms. The Morgan fingerprint density at radius 1 is 1.50 bits per heavy atom. The molecule has 0 aromatic heterocycles. The van der Waals surface area contributed by atoms with Gasteiger partial charge in [-0.05, 0) is 18.6 Å². The first-order chi connectivity index (χ1) is 6.65. The highest BCUT2D eigenvalue weighted by Gasteiger charge is 2.10. The molecule has 76 valence electrons. The van der Waals surface area contributed by atoms with Crippen LogP contribution in [0.4, 0.5) is 0 Å². The van der Waals surface area contributed by atoms with E-state index in [2.05, 4.69) is 5.32 Å². The molecule has 0 unspecified atom stereocenters. The predicted octanol–water partition coefficient (Wildman–Crippen LogP) is 2.76. The molecule has 0 saturated heterocycles. The summed E-state index contributed by atoms with van der Waals surface area (Å²) < 4.78 is 0. The van der Waals surface area contributed by atoms with E-state index >= 15 is 0 Å². The number of alkyl halides is 1. The zero-order valence-corrected chi connectivity index (χ0v) is 9.27. The van der Waals surface area contributed by atoms with E-state index in [1.807, 2.05) is 25.1 Å². The van der Waals surface area contributed by atoms with E-state index in [0.29, 0.717) is 5.02 Å². The zero-order valence-electron chi connectivity index (χ0n) is 7.76. The number of carbonyl (C=O) groups is 1. The molecule has 0 aliphatic carbocycles. The van der Waals surface area contributed by atoms with Gasteiger partial charge in [0.2, 0.25) is 5.91 Å². The highest BCUT2D eigenvalue weighted by molar-refractivity contribution is 6.31. The van der Waals surface area contributed by atoms with E-state index in [9.17, 15) is 4.79 Å². The van der Waals surface area contributed by atoms with Crippen LogP contribution in [0.2, 0.25) is 5.02 Å². The first-order valence-corrected chi connectivity index (χ1v) is 5.16. The molecule has 1 rings (SSSR count). The Bertz CT molecular complexity index is 328. The van der Waals surface area contributed by atoms with Crippen LogP contribution in [0.15, 0.2) is 24.3 Å². The fourth-order valence-electron chi connectivity index (χ4n) is 1.18. The Morgan fingerprint density at radius 2 is 2.14 bits per heavy atom. The van der Waals surface area contributed by atoms with E-state index in [-0.39, 0.29) is 17.8 Å². The number of amides is 1. The van der Waals surface area contributed by atoms with Gasteiger partial charge in [-0.1, -0.05) is 29.8 Å². The Labute approximate surface area is 93.2 Å². The van der Waals surface area contributed by atoms with Crippen molar-refractivity contribution < 1.29 is 4.79 Å². The lowest BCUT2D eigenvalue weighted by atomic mass is 10.1. The highest BCUT2D eigenvalue weighted by Crippen LogP contribution is 2.21. The van der Waals surface area contributed by atoms with Crippen molar-refractivity contribution in [1.29, 1.82) is 0 Å². The molecule has 0 bridgehead atoms. The van der Waals surface area contributed by atoms with Crippen LogP contribution in [-0.2, 0) is 4.79 Å². The van der Waals surface area contributed by atoms with Crippen molar-refractivity contribution in [3.05, 3.63) is 34.9 Å². The van der Waals surface area contributed by atoms with Gasteiger partial charge in [0.25, 0.3) is 0 Å². The van der Waals surface area contributed by atoms with Gasteiger partial charge in [0.15, 0.2) is 0 Å². The fraction of sp³-hybridized carbons (Fsp3) is 0.300. The van der Waals surface area contributed by atoms with E-state index in [1.54, 1.807) is 6.07 Å². The Morgan fingerprint density at radius 3 is 2.71 bits per heavy atom. The molecule has 0 heterocycles. The summed E-state index contributed by atoms with van der Waals surface area (Å²) in [6, 6.07) is 7.28. The molecule has 0 aliphatic rings. The van der Waals surface area contributed by atoms with Gasteiger partial charge in [-0.2, -0.15) is 0 Å². The minimum atomic E-state index is -0.195. The number of halogens is 2. The minimum Gasteiger partial charge on any atom is -0.348 e. The van der Waals surface area contributed by atoms with Gasteiger partial charge in [0, 0.05) is 5.02 Å². The largest absolute Gasteiger partial charge is 0.348 e. The number of rotatable bonds is 3. The number of benzene rings is 1. The molecule has 0 saturated carbocycles. The van der Waals surface area contributed by atoms with Crippen molar-refractivity contribution in [2.45, 2.75) is 13.0 Å². The molecule has 14 heavy (non-hydrogen) atoms. The van der Waals surface area contributed by atoms with Gasteiger partial charge in [-0.3, -0.25) is 4.79 Å². The standard InChI is InChI=1S/C10H11Cl2NO/c1-7(13-10(14)6-11)8-4-2-3-5-9(8)12/h2-5,7H,6H2,1H3,(H,13,14)/t7-/m0/s1. The first kappa shape index (κ1) is 11.3. The van der Waals surface area contributed by atoms with Gasteiger partial charge in [0.05, 0.1) is 6.04 Å². The molecule has 1 N–H and O–H groups in total. The molecule has 0 radical (unpaired) electrons. The summed E-state index contributed by atoms with van der Waals surface area (Å²) in [4.78, 5) is 11.0. The maximum absolute atomic E-state index is 11.0. The van der Waals surface area contributed by atoms with Crippen LogP contribution in [0, 0.1) is 0 Å². The van der Waals surface area contributed by atoms with E-state index in [1.165, 1.54) is 0 Å². The second-order valence-electron chi connectivity index (χ2n) is 2.94. The molecule has 1 aromatic carbocycles. The van der Waals surface area contributed by atoms with Crippen LogP contribution in [-0.4, -0.2) is 11.8 Å².